The van der Waals surface area contributed by atoms with E-state index in [0.717, 1.165) is 0 Å². The summed E-state index contributed by atoms with van der Waals surface area (Å²) in [4.78, 5) is 3.98. The molecule has 6 heteroatoms. The van der Waals surface area contributed by atoms with Crippen molar-refractivity contribution in [3.05, 3.63) is 24.0 Å². The number of nitrogens with zero attached hydrogens (tertiary/aromatic N) is 1. The molecule has 0 amide bonds. The van der Waals surface area contributed by atoms with Gasteiger partial charge in [0.05, 0.1) is 23.2 Å². The average molecular weight is 296 g/mol. The van der Waals surface area contributed by atoms with Gasteiger partial charge < -0.3 is 10.5 Å². The Kier molecular flexibility index (Phi) is 5.54. The van der Waals surface area contributed by atoms with Crippen LogP contribution in [0.5, 0.6) is 5.75 Å². The van der Waals surface area contributed by atoms with E-state index in [2.05, 4.69) is 16.8 Å². The number of nitrogens with two attached hydrogens (primary N) is 1. The highest BCUT2D eigenvalue weighted by Gasteiger charge is 2.28. The molecule has 20 heavy (non-hydrogen) atoms. The van der Waals surface area contributed by atoms with Crippen LogP contribution in [0.15, 0.2) is 18.5 Å². The van der Waals surface area contributed by atoms with E-state index < -0.39 is 14.6 Å². The number of rotatable bonds is 4. The van der Waals surface area contributed by atoms with Crippen molar-refractivity contribution >= 4 is 9.84 Å². The van der Waals surface area contributed by atoms with Gasteiger partial charge in [-0.05, 0) is 26.8 Å². The van der Waals surface area contributed by atoms with Crippen LogP contribution in [0, 0.1) is 11.8 Å². The van der Waals surface area contributed by atoms with Crippen LogP contribution in [-0.4, -0.2) is 37.1 Å². The Bertz CT molecular complexity index is 607. The number of hydrogen-bond acceptors (Lipinski definition) is 5. The monoisotopic (exact) mass is 296 g/mol. The number of hydrogen-bond donors (Lipinski definition) is 1. The largest absolute Gasteiger partial charge is 0.491 e. The van der Waals surface area contributed by atoms with Crippen LogP contribution in [-0.2, 0) is 9.84 Å². The molecule has 0 spiro atoms. The maximum atomic E-state index is 11.9. The molecule has 2 N–H and O–H groups in total. The normalized spacial score (nSPS) is 11.6. The third-order valence-electron chi connectivity index (χ3n) is 2.60. The highest BCUT2D eigenvalue weighted by molar-refractivity contribution is 7.92. The highest BCUT2D eigenvalue weighted by Crippen LogP contribution is 2.16. The molecular weight excluding hydrogens is 276 g/mol. The van der Waals surface area contributed by atoms with E-state index in [1.54, 1.807) is 33.0 Å². The fourth-order valence-electron chi connectivity index (χ4n) is 1.29. The number of pyridine rings is 1. The second-order valence-electron chi connectivity index (χ2n) is 5.19. The van der Waals surface area contributed by atoms with Crippen LogP contribution in [0.25, 0.3) is 0 Å². The molecule has 0 fully saturated rings. The average Bonchev–Trinajstić information content (AvgIpc) is 2.35. The van der Waals surface area contributed by atoms with Crippen LogP contribution in [0.4, 0.5) is 0 Å². The lowest BCUT2D eigenvalue weighted by atomic mass is 10.3. The highest BCUT2D eigenvalue weighted by atomic mass is 32.2. The fraction of sp³-hybridized carbons (Fsp3) is 0.500. The summed E-state index contributed by atoms with van der Waals surface area (Å²) in [7, 11) is -3.18. The molecule has 1 aromatic rings. The Hall–Kier alpha value is -1.58. The summed E-state index contributed by atoms with van der Waals surface area (Å²) in [5.74, 6) is 6.02. The summed E-state index contributed by atoms with van der Waals surface area (Å²) < 4.78 is 28.5. The van der Waals surface area contributed by atoms with E-state index in [1.807, 2.05) is 0 Å². The van der Waals surface area contributed by atoms with Crippen molar-refractivity contribution in [2.24, 2.45) is 5.73 Å². The predicted octanol–water partition coefficient (Wildman–Crippen LogP) is 0.984. The Morgan fingerprint density at radius 3 is 2.65 bits per heavy atom. The smallest absolute Gasteiger partial charge is 0.158 e. The van der Waals surface area contributed by atoms with E-state index in [0.29, 0.717) is 11.3 Å². The molecule has 0 aliphatic carbocycles. The second-order valence-corrected chi connectivity index (χ2v) is 8.06. The lowest BCUT2D eigenvalue weighted by Crippen LogP contribution is -2.32. The Balaban J connectivity index is 2.63. The van der Waals surface area contributed by atoms with Gasteiger partial charge in [-0.2, -0.15) is 0 Å². The van der Waals surface area contributed by atoms with Gasteiger partial charge in [0.1, 0.15) is 12.4 Å². The van der Waals surface area contributed by atoms with Gasteiger partial charge in [-0.15, -0.1) is 0 Å². The Labute approximate surface area is 120 Å². The van der Waals surface area contributed by atoms with Crippen LogP contribution < -0.4 is 10.5 Å². The SMILES string of the molecule is CC(C)(C)S(=O)(=O)CCOc1cncc(C#CCN)c1. The van der Waals surface area contributed by atoms with Crippen molar-refractivity contribution in [2.75, 3.05) is 18.9 Å². The van der Waals surface area contributed by atoms with Crippen molar-refractivity contribution < 1.29 is 13.2 Å². The van der Waals surface area contributed by atoms with Crippen molar-refractivity contribution in [1.29, 1.82) is 0 Å². The summed E-state index contributed by atoms with van der Waals surface area (Å²) in [5.41, 5.74) is 5.98. The van der Waals surface area contributed by atoms with Gasteiger partial charge >= 0.3 is 0 Å². The minimum absolute atomic E-state index is 0.0325. The van der Waals surface area contributed by atoms with Gasteiger partial charge in [-0.3, -0.25) is 4.98 Å². The molecule has 5 nitrogen and oxygen atoms in total. The molecule has 0 atom stereocenters. The van der Waals surface area contributed by atoms with Gasteiger partial charge in [0.25, 0.3) is 0 Å². The van der Waals surface area contributed by atoms with Gasteiger partial charge in [0.15, 0.2) is 9.84 Å². The summed E-state index contributed by atoms with van der Waals surface area (Å²) in [6.45, 7) is 5.39. The Morgan fingerprint density at radius 1 is 1.35 bits per heavy atom. The van der Waals surface area contributed by atoms with Crippen molar-refractivity contribution in [3.63, 3.8) is 0 Å². The zero-order chi connectivity index (χ0) is 15.2. The lowest BCUT2D eigenvalue weighted by molar-refractivity contribution is 0.338. The van der Waals surface area contributed by atoms with E-state index in [1.165, 1.54) is 6.20 Å². The van der Waals surface area contributed by atoms with E-state index in [9.17, 15) is 8.42 Å². The van der Waals surface area contributed by atoms with Crippen molar-refractivity contribution in [2.45, 2.75) is 25.5 Å². The molecular formula is C14H20N2O3S. The topological polar surface area (TPSA) is 82.3 Å². The molecule has 0 saturated carbocycles. The molecule has 0 aliphatic rings. The van der Waals surface area contributed by atoms with Crippen molar-refractivity contribution in [3.8, 4) is 17.6 Å². The third kappa shape index (κ3) is 4.83. The fourth-order valence-corrected chi connectivity index (χ4v) is 2.21. The zero-order valence-corrected chi connectivity index (χ0v) is 12.8. The zero-order valence-electron chi connectivity index (χ0n) is 12.0. The Morgan fingerprint density at radius 2 is 2.05 bits per heavy atom. The maximum absolute atomic E-state index is 11.9. The lowest BCUT2D eigenvalue weighted by Gasteiger charge is -2.19. The molecule has 0 bridgehead atoms. The van der Waals surface area contributed by atoms with Crippen LogP contribution in [0.2, 0.25) is 0 Å². The molecule has 0 aromatic carbocycles. The van der Waals surface area contributed by atoms with E-state index in [4.69, 9.17) is 10.5 Å². The summed E-state index contributed by atoms with van der Waals surface area (Å²) in [6.07, 6.45) is 3.12. The predicted molar refractivity (Wildman–Crippen MR) is 79.2 cm³/mol. The van der Waals surface area contributed by atoms with E-state index in [-0.39, 0.29) is 18.9 Å². The van der Waals surface area contributed by atoms with E-state index >= 15 is 0 Å². The summed E-state index contributed by atoms with van der Waals surface area (Å²) in [5, 5.41) is 0. The first-order chi connectivity index (χ1) is 9.26. The second kappa shape index (κ2) is 6.73. The number of aromatic nitrogens is 1. The molecule has 1 heterocycles. The standard InChI is InChI=1S/C14H20N2O3S/c1-14(2,3)20(17,18)8-7-19-13-9-12(5-4-6-15)10-16-11-13/h9-11H,6-8,15H2,1-3H3. The van der Waals surface area contributed by atoms with Gasteiger partial charge in [-0.25, -0.2) is 8.42 Å². The molecule has 1 aromatic heterocycles. The maximum Gasteiger partial charge on any atom is 0.158 e. The summed E-state index contributed by atoms with van der Waals surface area (Å²) in [6, 6.07) is 1.71. The first kappa shape index (κ1) is 16.5. The first-order valence-corrected chi connectivity index (χ1v) is 7.90. The molecule has 110 valence electrons. The van der Waals surface area contributed by atoms with Crippen LogP contribution >= 0.6 is 0 Å². The van der Waals surface area contributed by atoms with Crippen LogP contribution in [0.1, 0.15) is 26.3 Å². The molecule has 1 rings (SSSR count). The number of sulfone groups is 1. The molecule has 0 saturated heterocycles. The van der Waals surface area contributed by atoms with Crippen molar-refractivity contribution in [1.82, 2.24) is 4.98 Å². The molecule has 0 aliphatic heterocycles. The van der Waals surface area contributed by atoms with Crippen LogP contribution in [0.3, 0.4) is 0 Å². The summed E-state index contributed by atoms with van der Waals surface area (Å²) >= 11 is 0. The molecule has 0 unspecified atom stereocenters. The third-order valence-corrected chi connectivity index (χ3v) is 5.17. The quantitative estimate of drug-likeness (QED) is 0.838. The molecule has 0 radical (unpaired) electrons. The minimum Gasteiger partial charge on any atom is -0.491 e. The minimum atomic E-state index is -3.18. The van der Waals surface area contributed by atoms with Gasteiger partial charge in [-0.1, -0.05) is 11.8 Å². The number of ether oxygens (including phenoxy) is 1. The van der Waals surface area contributed by atoms with Gasteiger partial charge in [0.2, 0.25) is 0 Å². The van der Waals surface area contributed by atoms with Gasteiger partial charge in [0, 0.05) is 11.8 Å². The first-order valence-electron chi connectivity index (χ1n) is 6.25.